The number of hydrogen-bond donors (Lipinski definition) is 0. The summed E-state index contributed by atoms with van der Waals surface area (Å²) in [6, 6.07) is 7.92. The van der Waals surface area contributed by atoms with Crippen LogP contribution in [0.2, 0.25) is 18.1 Å². The number of carbonyl (C=O) groups excluding carboxylic acids is 1. The lowest BCUT2D eigenvalue weighted by atomic mass is 9.97. The fourth-order valence-corrected chi connectivity index (χ4v) is 3.44. The van der Waals surface area contributed by atoms with Gasteiger partial charge in [-0.15, -0.1) is 0 Å². The molecule has 1 heterocycles. The Labute approximate surface area is 145 Å². The molecule has 1 fully saturated rings. The van der Waals surface area contributed by atoms with E-state index in [1.54, 1.807) is 0 Å². The highest BCUT2D eigenvalue weighted by molar-refractivity contribution is 6.74. The summed E-state index contributed by atoms with van der Waals surface area (Å²) >= 11 is 0. The van der Waals surface area contributed by atoms with E-state index in [9.17, 15) is 4.79 Å². The van der Waals surface area contributed by atoms with Crippen LogP contribution in [-0.4, -0.2) is 27.0 Å². The average Bonchev–Trinajstić information content (AvgIpc) is 3.22. The molecule has 0 radical (unpaired) electrons. The highest BCUT2D eigenvalue weighted by Gasteiger charge is 2.68. The van der Waals surface area contributed by atoms with Crippen molar-refractivity contribution in [3.05, 3.63) is 47.7 Å². The van der Waals surface area contributed by atoms with E-state index in [1.165, 1.54) is 7.11 Å². The van der Waals surface area contributed by atoms with E-state index in [0.717, 1.165) is 11.1 Å². The van der Waals surface area contributed by atoms with Gasteiger partial charge in [-0.05, 0) is 30.6 Å². The fraction of sp³-hybridized carbons (Fsp3) is 0.526. The van der Waals surface area contributed by atoms with Gasteiger partial charge in [-0.25, -0.2) is 4.79 Å². The number of epoxide rings is 1. The number of aryl methyl sites for hydroxylation is 1. The molecule has 2 atom stereocenters. The molecule has 0 aliphatic carbocycles. The van der Waals surface area contributed by atoms with Crippen LogP contribution in [0, 0.1) is 6.92 Å². The molecule has 0 N–H and O–H groups in total. The monoisotopic (exact) mass is 348 g/mol. The van der Waals surface area contributed by atoms with Crippen molar-refractivity contribution in [2.24, 2.45) is 0 Å². The number of ether oxygens (including phenoxy) is 2. The van der Waals surface area contributed by atoms with Crippen LogP contribution >= 0.6 is 0 Å². The van der Waals surface area contributed by atoms with Gasteiger partial charge in [0.2, 0.25) is 8.32 Å². The van der Waals surface area contributed by atoms with Gasteiger partial charge in [-0.2, -0.15) is 0 Å². The second-order valence-corrected chi connectivity index (χ2v) is 12.6. The van der Waals surface area contributed by atoms with E-state index in [0.29, 0.717) is 5.76 Å². The third-order valence-electron chi connectivity index (χ3n) is 5.08. The van der Waals surface area contributed by atoms with Crippen LogP contribution < -0.4 is 0 Å². The number of rotatable bonds is 5. The maximum absolute atomic E-state index is 12.5. The Hall–Kier alpha value is -1.59. The van der Waals surface area contributed by atoms with Gasteiger partial charge in [0.15, 0.2) is 0 Å². The van der Waals surface area contributed by atoms with Gasteiger partial charge in [0, 0.05) is 0 Å². The zero-order chi connectivity index (χ0) is 18.3. The third kappa shape index (κ3) is 3.15. The van der Waals surface area contributed by atoms with Gasteiger partial charge in [0.05, 0.1) is 7.11 Å². The first-order valence-corrected chi connectivity index (χ1v) is 11.1. The topological polar surface area (TPSA) is 48.1 Å². The number of benzene rings is 1. The first kappa shape index (κ1) is 18.7. The van der Waals surface area contributed by atoms with Gasteiger partial charge < -0.3 is 13.9 Å². The van der Waals surface area contributed by atoms with Gasteiger partial charge in [0.1, 0.15) is 11.9 Å². The predicted octanol–water partition coefficient (Wildman–Crippen LogP) is 4.51. The molecule has 0 amide bonds. The van der Waals surface area contributed by atoms with Gasteiger partial charge in [0.25, 0.3) is 5.60 Å². The van der Waals surface area contributed by atoms with E-state index in [1.807, 2.05) is 31.2 Å². The smallest absolute Gasteiger partial charge is 0.349 e. The lowest BCUT2D eigenvalue weighted by Gasteiger charge is -2.37. The summed E-state index contributed by atoms with van der Waals surface area (Å²) in [4.78, 5) is 12.5. The third-order valence-corrected chi connectivity index (χ3v) is 9.45. The van der Waals surface area contributed by atoms with Crippen molar-refractivity contribution in [1.29, 1.82) is 0 Å². The standard InChI is InChI=1S/C19H28O4Si/c1-13-9-11-15(12-10-13)16-19(22-16,17(20)21-6)14(2)23-24(7,8)18(3,4)5/h9-12,16H,2H2,1,3-8H3. The van der Waals surface area contributed by atoms with E-state index in [2.05, 4.69) is 40.4 Å². The van der Waals surface area contributed by atoms with E-state index < -0.39 is 26.0 Å². The number of esters is 1. The molecule has 2 rings (SSSR count). The molecule has 0 aromatic heterocycles. The quantitative estimate of drug-likeness (QED) is 0.340. The maximum Gasteiger partial charge on any atom is 0.349 e. The predicted molar refractivity (Wildman–Crippen MR) is 97.2 cm³/mol. The van der Waals surface area contributed by atoms with Crippen molar-refractivity contribution in [2.45, 2.75) is 57.5 Å². The zero-order valence-electron chi connectivity index (χ0n) is 15.7. The zero-order valence-corrected chi connectivity index (χ0v) is 16.7. The van der Waals surface area contributed by atoms with Crippen molar-refractivity contribution in [1.82, 2.24) is 0 Å². The first-order chi connectivity index (χ1) is 11.0. The number of carbonyl (C=O) groups is 1. The van der Waals surface area contributed by atoms with E-state index >= 15 is 0 Å². The van der Waals surface area contributed by atoms with Gasteiger partial charge in [-0.1, -0.05) is 57.2 Å². The van der Waals surface area contributed by atoms with Crippen LogP contribution in [0.5, 0.6) is 0 Å². The normalized spacial score (nSPS) is 23.5. The molecule has 1 aromatic rings. The number of methoxy groups -OCH3 is 1. The molecule has 4 nitrogen and oxygen atoms in total. The summed E-state index contributed by atoms with van der Waals surface area (Å²) < 4.78 is 17.1. The van der Waals surface area contributed by atoms with Crippen molar-refractivity contribution in [3.63, 3.8) is 0 Å². The second kappa shape index (κ2) is 6.04. The molecule has 2 unspecified atom stereocenters. The summed E-state index contributed by atoms with van der Waals surface area (Å²) in [6.07, 6.45) is -0.414. The highest BCUT2D eigenvalue weighted by Crippen LogP contribution is 2.56. The van der Waals surface area contributed by atoms with Crippen LogP contribution in [-0.2, 0) is 18.7 Å². The maximum atomic E-state index is 12.5. The Morgan fingerprint density at radius 1 is 1.25 bits per heavy atom. The Morgan fingerprint density at radius 2 is 1.79 bits per heavy atom. The van der Waals surface area contributed by atoms with Crippen LogP contribution in [0.15, 0.2) is 36.6 Å². The minimum atomic E-state index is -2.12. The Bertz CT molecular complexity index is 642. The minimum absolute atomic E-state index is 0.00148. The highest BCUT2D eigenvalue weighted by atomic mass is 28.4. The van der Waals surface area contributed by atoms with Crippen LogP contribution in [0.4, 0.5) is 0 Å². The Balaban J connectivity index is 2.30. The second-order valence-electron chi connectivity index (χ2n) is 7.92. The van der Waals surface area contributed by atoms with Crippen LogP contribution in [0.3, 0.4) is 0 Å². The summed E-state index contributed by atoms with van der Waals surface area (Å²) in [7, 11) is -0.764. The summed E-state index contributed by atoms with van der Waals surface area (Å²) in [5.41, 5.74) is 0.838. The van der Waals surface area contributed by atoms with Crippen molar-refractivity contribution >= 4 is 14.3 Å². The summed E-state index contributed by atoms with van der Waals surface area (Å²) in [6.45, 7) is 16.7. The largest absolute Gasteiger partial charge is 0.544 e. The Morgan fingerprint density at radius 3 is 2.25 bits per heavy atom. The Kier molecular flexibility index (Phi) is 4.72. The average molecular weight is 349 g/mol. The van der Waals surface area contributed by atoms with E-state index in [-0.39, 0.29) is 5.04 Å². The van der Waals surface area contributed by atoms with Crippen molar-refractivity contribution < 1.29 is 18.7 Å². The van der Waals surface area contributed by atoms with Crippen molar-refractivity contribution in [3.8, 4) is 0 Å². The SMILES string of the molecule is C=C(O[Si](C)(C)C(C)(C)C)C1(C(=O)OC)OC1c1ccc(C)cc1. The number of hydrogen-bond acceptors (Lipinski definition) is 4. The lowest BCUT2D eigenvalue weighted by molar-refractivity contribution is -0.146. The first-order valence-electron chi connectivity index (χ1n) is 8.17. The molecule has 1 aliphatic heterocycles. The molecule has 0 saturated carbocycles. The molecule has 5 heteroatoms. The lowest BCUT2D eigenvalue weighted by Crippen LogP contribution is -2.43. The molecular formula is C19H28O4Si. The van der Waals surface area contributed by atoms with Crippen LogP contribution in [0.1, 0.15) is 38.0 Å². The molecule has 1 aromatic carbocycles. The van der Waals surface area contributed by atoms with Crippen molar-refractivity contribution in [2.75, 3.05) is 7.11 Å². The fourth-order valence-electron chi connectivity index (χ4n) is 2.37. The minimum Gasteiger partial charge on any atom is -0.544 e. The molecule has 0 bridgehead atoms. The summed E-state index contributed by atoms with van der Waals surface area (Å²) in [5, 5.41) is 0.00148. The van der Waals surface area contributed by atoms with E-state index in [4.69, 9.17) is 13.9 Å². The van der Waals surface area contributed by atoms with Gasteiger partial charge >= 0.3 is 5.97 Å². The molecule has 0 spiro atoms. The van der Waals surface area contributed by atoms with Gasteiger partial charge in [-0.3, -0.25) is 0 Å². The molecule has 24 heavy (non-hydrogen) atoms. The molecule has 1 aliphatic rings. The molecule has 1 saturated heterocycles. The molecule has 132 valence electrons. The molecular weight excluding hydrogens is 320 g/mol. The van der Waals surface area contributed by atoms with Crippen LogP contribution in [0.25, 0.3) is 0 Å². The summed E-state index contributed by atoms with van der Waals surface area (Å²) in [5.74, 6) is -0.108.